The first-order valence-electron chi connectivity index (χ1n) is 10.1. The Morgan fingerprint density at radius 3 is 2.38 bits per heavy atom. The number of halogens is 1. The highest BCUT2D eigenvalue weighted by Crippen LogP contribution is 2.39. The third-order valence-corrected chi connectivity index (χ3v) is 5.60. The molecule has 2 aromatic carbocycles. The molecule has 7 nitrogen and oxygen atoms in total. The third kappa shape index (κ3) is 3.91. The molecule has 0 radical (unpaired) electrons. The normalized spacial score (nSPS) is 17.9. The SMILES string of the molecule is C=CCN1C(=O)NC(c2cc(OC)cc(OC)c2)C2=C1CN(Cc1ccc(F)cc1)C2=O. The first-order valence-corrected chi connectivity index (χ1v) is 10.1. The summed E-state index contributed by atoms with van der Waals surface area (Å²) in [7, 11) is 3.08. The van der Waals surface area contributed by atoms with Gasteiger partial charge in [-0.1, -0.05) is 18.2 Å². The van der Waals surface area contributed by atoms with Gasteiger partial charge in [0, 0.05) is 19.2 Å². The molecule has 1 atom stereocenters. The minimum absolute atomic E-state index is 0.190. The molecule has 0 aliphatic carbocycles. The zero-order chi connectivity index (χ0) is 22.8. The van der Waals surface area contributed by atoms with Gasteiger partial charge in [0.15, 0.2) is 0 Å². The van der Waals surface area contributed by atoms with Crippen LogP contribution in [0.1, 0.15) is 17.2 Å². The summed E-state index contributed by atoms with van der Waals surface area (Å²) >= 11 is 0. The molecule has 0 spiro atoms. The number of nitrogens with one attached hydrogen (secondary N) is 1. The lowest BCUT2D eigenvalue weighted by Gasteiger charge is -2.33. The van der Waals surface area contributed by atoms with E-state index in [0.29, 0.717) is 34.9 Å². The fourth-order valence-corrected chi connectivity index (χ4v) is 4.05. The molecule has 166 valence electrons. The molecule has 2 aliphatic rings. The summed E-state index contributed by atoms with van der Waals surface area (Å²) in [5.41, 5.74) is 2.60. The monoisotopic (exact) mass is 437 g/mol. The molecule has 0 aromatic heterocycles. The molecule has 32 heavy (non-hydrogen) atoms. The van der Waals surface area contributed by atoms with E-state index in [4.69, 9.17) is 9.47 Å². The van der Waals surface area contributed by atoms with Crippen molar-refractivity contribution in [1.82, 2.24) is 15.1 Å². The van der Waals surface area contributed by atoms with Crippen molar-refractivity contribution in [2.75, 3.05) is 27.3 Å². The van der Waals surface area contributed by atoms with Crippen molar-refractivity contribution in [2.45, 2.75) is 12.6 Å². The Hall–Kier alpha value is -3.81. The highest BCUT2D eigenvalue weighted by atomic mass is 19.1. The Kier molecular flexibility index (Phi) is 5.85. The average Bonchev–Trinajstić information content (AvgIpc) is 3.12. The van der Waals surface area contributed by atoms with Crippen molar-refractivity contribution >= 4 is 11.9 Å². The second-order valence-corrected chi connectivity index (χ2v) is 7.58. The smallest absolute Gasteiger partial charge is 0.322 e. The van der Waals surface area contributed by atoms with E-state index < -0.39 is 6.04 Å². The number of urea groups is 1. The molecule has 0 saturated carbocycles. The van der Waals surface area contributed by atoms with Crippen LogP contribution in [0.25, 0.3) is 0 Å². The van der Waals surface area contributed by atoms with Gasteiger partial charge in [-0.2, -0.15) is 0 Å². The Morgan fingerprint density at radius 2 is 1.78 bits per heavy atom. The number of nitrogens with zero attached hydrogens (tertiary/aromatic N) is 2. The molecular weight excluding hydrogens is 413 g/mol. The minimum atomic E-state index is -0.659. The molecule has 4 rings (SSSR count). The first-order chi connectivity index (χ1) is 15.4. The number of hydrogen-bond donors (Lipinski definition) is 1. The maximum atomic E-state index is 13.5. The van der Waals surface area contributed by atoms with Gasteiger partial charge in [-0.25, -0.2) is 9.18 Å². The number of ether oxygens (including phenoxy) is 2. The molecule has 2 heterocycles. The van der Waals surface area contributed by atoms with E-state index >= 15 is 0 Å². The number of benzene rings is 2. The van der Waals surface area contributed by atoms with Gasteiger partial charge in [0.25, 0.3) is 5.91 Å². The summed E-state index contributed by atoms with van der Waals surface area (Å²) < 4.78 is 24.0. The summed E-state index contributed by atoms with van der Waals surface area (Å²) in [6.45, 7) is 4.57. The lowest BCUT2D eigenvalue weighted by atomic mass is 9.95. The van der Waals surface area contributed by atoms with Gasteiger partial charge in [0.05, 0.1) is 38.1 Å². The molecular formula is C24H24FN3O4. The number of rotatable bonds is 7. The van der Waals surface area contributed by atoms with Crippen LogP contribution >= 0.6 is 0 Å². The van der Waals surface area contributed by atoms with E-state index in [0.717, 1.165) is 5.56 Å². The van der Waals surface area contributed by atoms with Gasteiger partial charge in [0.1, 0.15) is 17.3 Å². The van der Waals surface area contributed by atoms with Crippen molar-refractivity contribution in [3.8, 4) is 11.5 Å². The number of carbonyl (C=O) groups is 2. The molecule has 1 unspecified atom stereocenters. The topological polar surface area (TPSA) is 71.1 Å². The maximum absolute atomic E-state index is 13.5. The summed E-state index contributed by atoms with van der Waals surface area (Å²) in [6, 6.07) is 10.3. The number of carbonyl (C=O) groups excluding carboxylic acids is 2. The van der Waals surface area contributed by atoms with Crippen LogP contribution in [-0.2, 0) is 11.3 Å². The van der Waals surface area contributed by atoms with Crippen LogP contribution < -0.4 is 14.8 Å². The van der Waals surface area contributed by atoms with Gasteiger partial charge >= 0.3 is 6.03 Å². The van der Waals surface area contributed by atoms with Gasteiger partial charge in [-0.05, 0) is 35.4 Å². The molecule has 8 heteroatoms. The summed E-state index contributed by atoms with van der Waals surface area (Å²) in [5.74, 6) is 0.582. The summed E-state index contributed by atoms with van der Waals surface area (Å²) in [5, 5.41) is 2.94. The van der Waals surface area contributed by atoms with Gasteiger partial charge in [0.2, 0.25) is 0 Å². The number of methoxy groups -OCH3 is 2. The van der Waals surface area contributed by atoms with Crippen LogP contribution in [0.5, 0.6) is 11.5 Å². The predicted molar refractivity (Wildman–Crippen MR) is 117 cm³/mol. The standard InChI is InChI=1S/C24H24FN3O4/c1-4-9-28-20-14-27(13-15-5-7-17(25)8-6-15)23(29)21(20)22(26-24(28)30)16-10-18(31-2)12-19(11-16)32-3/h4-8,10-12,22H,1,9,13-14H2,2-3H3,(H,26,30). The van der Waals surface area contributed by atoms with Crippen LogP contribution in [-0.4, -0.2) is 49.0 Å². The van der Waals surface area contributed by atoms with E-state index in [1.807, 2.05) is 0 Å². The lowest BCUT2D eigenvalue weighted by Crippen LogP contribution is -2.47. The van der Waals surface area contributed by atoms with Crippen LogP contribution in [0.2, 0.25) is 0 Å². The highest BCUT2D eigenvalue weighted by Gasteiger charge is 2.43. The number of hydrogen-bond acceptors (Lipinski definition) is 4. The molecule has 2 aromatic rings. The second kappa shape index (κ2) is 8.74. The average molecular weight is 437 g/mol. The van der Waals surface area contributed by atoms with Crippen molar-refractivity contribution in [1.29, 1.82) is 0 Å². The molecule has 0 bridgehead atoms. The second-order valence-electron chi connectivity index (χ2n) is 7.58. The minimum Gasteiger partial charge on any atom is -0.497 e. The van der Waals surface area contributed by atoms with Crippen molar-refractivity contribution < 1.29 is 23.5 Å². The fourth-order valence-electron chi connectivity index (χ4n) is 4.05. The Labute approximate surface area is 185 Å². The largest absolute Gasteiger partial charge is 0.497 e. The van der Waals surface area contributed by atoms with Crippen LogP contribution in [0.4, 0.5) is 9.18 Å². The van der Waals surface area contributed by atoms with Crippen LogP contribution in [0.15, 0.2) is 66.4 Å². The maximum Gasteiger partial charge on any atom is 0.322 e. The van der Waals surface area contributed by atoms with Crippen molar-refractivity contribution in [2.24, 2.45) is 0 Å². The molecule has 0 fully saturated rings. The summed E-state index contributed by atoms with van der Waals surface area (Å²) in [6.07, 6.45) is 1.62. The molecule has 0 saturated heterocycles. The van der Waals surface area contributed by atoms with E-state index in [1.54, 1.807) is 55.5 Å². The Balaban J connectivity index is 1.73. The summed E-state index contributed by atoms with van der Waals surface area (Å²) in [4.78, 5) is 29.6. The van der Waals surface area contributed by atoms with Crippen molar-refractivity contribution in [3.63, 3.8) is 0 Å². The number of amides is 3. The van der Waals surface area contributed by atoms with E-state index in [1.165, 1.54) is 17.0 Å². The predicted octanol–water partition coefficient (Wildman–Crippen LogP) is 3.39. The Bertz CT molecular complexity index is 1070. The quantitative estimate of drug-likeness (QED) is 0.674. The fraction of sp³-hybridized carbons (Fsp3) is 0.250. The first kappa shape index (κ1) is 21.4. The zero-order valence-corrected chi connectivity index (χ0v) is 17.9. The lowest BCUT2D eigenvalue weighted by molar-refractivity contribution is -0.126. The Morgan fingerprint density at radius 1 is 1.12 bits per heavy atom. The van der Waals surface area contributed by atoms with Gasteiger partial charge in [-0.3, -0.25) is 9.69 Å². The van der Waals surface area contributed by atoms with Crippen LogP contribution in [0, 0.1) is 5.82 Å². The van der Waals surface area contributed by atoms with Crippen molar-refractivity contribution in [3.05, 3.63) is 83.3 Å². The van der Waals surface area contributed by atoms with Gasteiger partial charge in [-0.15, -0.1) is 6.58 Å². The van der Waals surface area contributed by atoms with E-state index in [9.17, 15) is 14.0 Å². The molecule has 3 amide bonds. The van der Waals surface area contributed by atoms with Gasteiger partial charge < -0.3 is 19.7 Å². The highest BCUT2D eigenvalue weighted by molar-refractivity contribution is 6.01. The third-order valence-electron chi connectivity index (χ3n) is 5.60. The van der Waals surface area contributed by atoms with E-state index in [2.05, 4.69) is 11.9 Å². The zero-order valence-electron chi connectivity index (χ0n) is 17.9. The van der Waals surface area contributed by atoms with Crippen LogP contribution in [0.3, 0.4) is 0 Å². The molecule has 1 N–H and O–H groups in total. The molecule has 2 aliphatic heterocycles. The van der Waals surface area contributed by atoms with E-state index in [-0.39, 0.29) is 30.8 Å².